The van der Waals surface area contributed by atoms with Gasteiger partial charge in [-0.1, -0.05) is 0 Å². The molecule has 0 bridgehead atoms. The van der Waals surface area contributed by atoms with Gasteiger partial charge in [0.2, 0.25) is 15.9 Å². The minimum absolute atomic E-state index is 0.0308. The molecule has 0 saturated carbocycles. The lowest BCUT2D eigenvalue weighted by molar-refractivity contribution is -0.384. The number of nitrogens with zero attached hydrogens (tertiary/aromatic N) is 4. The molecule has 172 valence electrons. The molecule has 1 fully saturated rings. The number of esters is 1. The Hall–Kier alpha value is -3.68. The number of carbonyl (C=O) groups is 1. The highest BCUT2D eigenvalue weighted by atomic mass is 32.2. The maximum atomic E-state index is 12.6. The first-order chi connectivity index (χ1) is 15.8. The highest BCUT2D eigenvalue weighted by Crippen LogP contribution is 2.22. The van der Waals surface area contributed by atoms with Gasteiger partial charge in [-0.2, -0.15) is 4.31 Å². The molecule has 2 heterocycles. The van der Waals surface area contributed by atoms with E-state index in [0.29, 0.717) is 18.8 Å². The van der Waals surface area contributed by atoms with Crippen LogP contribution in [0.5, 0.6) is 0 Å². The zero-order valence-electron chi connectivity index (χ0n) is 17.1. The number of carbonyl (C=O) groups excluding carboxylic acids is 1. The van der Waals surface area contributed by atoms with E-state index in [2.05, 4.69) is 10.2 Å². The van der Waals surface area contributed by atoms with Crippen LogP contribution in [0.2, 0.25) is 0 Å². The topological polar surface area (TPSA) is 155 Å². The van der Waals surface area contributed by atoms with Gasteiger partial charge in [0.05, 0.1) is 28.6 Å². The summed E-state index contributed by atoms with van der Waals surface area (Å²) in [6, 6.07) is 11.0. The molecule has 1 saturated heterocycles. The number of nitro groups is 1. The first kappa shape index (κ1) is 22.5. The standard InChI is InChI=1S/C20H18N4O8S/c25-20(15-3-7-17(8-4-15)33(28,29)23-9-11-30-12-10-23)31-13-18-21-22-19(32-18)14-1-5-16(6-2-14)24(26)27/h1-8H,9-13H2. The smallest absolute Gasteiger partial charge is 0.338 e. The summed E-state index contributed by atoms with van der Waals surface area (Å²) in [7, 11) is -3.66. The van der Waals surface area contributed by atoms with Crippen LogP contribution in [0.25, 0.3) is 11.5 Å². The number of nitro benzene ring substituents is 1. The van der Waals surface area contributed by atoms with Gasteiger partial charge in [-0.05, 0) is 36.4 Å². The van der Waals surface area contributed by atoms with E-state index >= 15 is 0 Å². The van der Waals surface area contributed by atoms with Crippen LogP contribution in [0, 0.1) is 10.1 Å². The Bertz CT molecular complexity index is 1250. The van der Waals surface area contributed by atoms with E-state index in [4.69, 9.17) is 13.9 Å². The van der Waals surface area contributed by atoms with Crippen LogP contribution in [0.1, 0.15) is 16.2 Å². The minimum atomic E-state index is -3.66. The molecule has 1 aliphatic heterocycles. The van der Waals surface area contributed by atoms with Gasteiger partial charge in [0.25, 0.3) is 11.6 Å². The third kappa shape index (κ3) is 5.05. The van der Waals surface area contributed by atoms with E-state index in [1.165, 1.54) is 52.8 Å². The Morgan fingerprint density at radius 1 is 1.06 bits per heavy atom. The second-order valence-electron chi connectivity index (χ2n) is 6.92. The first-order valence-corrected chi connectivity index (χ1v) is 11.2. The van der Waals surface area contributed by atoms with Gasteiger partial charge in [-0.15, -0.1) is 10.2 Å². The number of benzene rings is 2. The minimum Gasteiger partial charge on any atom is -0.452 e. The molecule has 0 amide bonds. The lowest BCUT2D eigenvalue weighted by Crippen LogP contribution is -2.40. The molecule has 13 heteroatoms. The summed E-state index contributed by atoms with van der Waals surface area (Å²) in [5.41, 5.74) is 0.560. The van der Waals surface area contributed by atoms with Crippen molar-refractivity contribution in [1.82, 2.24) is 14.5 Å². The van der Waals surface area contributed by atoms with Crippen molar-refractivity contribution >= 4 is 21.7 Å². The third-order valence-electron chi connectivity index (χ3n) is 4.82. The average Bonchev–Trinajstić information content (AvgIpc) is 3.32. The number of hydrogen-bond acceptors (Lipinski definition) is 10. The van der Waals surface area contributed by atoms with E-state index in [-0.39, 0.29) is 47.6 Å². The summed E-state index contributed by atoms with van der Waals surface area (Å²) in [6.45, 7) is 0.930. The molecule has 1 aromatic heterocycles. The van der Waals surface area contributed by atoms with Gasteiger partial charge in [0, 0.05) is 30.8 Å². The van der Waals surface area contributed by atoms with Gasteiger partial charge in [0.15, 0.2) is 6.61 Å². The van der Waals surface area contributed by atoms with Gasteiger partial charge in [0.1, 0.15) is 0 Å². The molecular formula is C20H18N4O8S. The fourth-order valence-electron chi connectivity index (χ4n) is 3.06. The van der Waals surface area contributed by atoms with Gasteiger partial charge in [-0.25, -0.2) is 13.2 Å². The van der Waals surface area contributed by atoms with Crippen LogP contribution < -0.4 is 0 Å². The van der Waals surface area contributed by atoms with E-state index in [0.717, 1.165) is 0 Å². The molecule has 33 heavy (non-hydrogen) atoms. The Kier molecular flexibility index (Phi) is 6.44. The summed E-state index contributed by atoms with van der Waals surface area (Å²) >= 11 is 0. The van der Waals surface area contributed by atoms with Crippen molar-refractivity contribution in [3.8, 4) is 11.5 Å². The fourth-order valence-corrected chi connectivity index (χ4v) is 4.47. The van der Waals surface area contributed by atoms with Gasteiger partial charge in [-0.3, -0.25) is 10.1 Å². The molecule has 3 aromatic rings. The lowest BCUT2D eigenvalue weighted by atomic mass is 10.2. The largest absolute Gasteiger partial charge is 0.452 e. The number of sulfonamides is 1. The summed E-state index contributed by atoms with van der Waals surface area (Å²) in [5, 5.41) is 18.4. The summed E-state index contributed by atoms with van der Waals surface area (Å²) < 4.78 is 42.4. The van der Waals surface area contributed by atoms with Crippen molar-refractivity contribution in [2.24, 2.45) is 0 Å². The van der Waals surface area contributed by atoms with Gasteiger partial charge < -0.3 is 13.9 Å². The van der Waals surface area contributed by atoms with E-state index in [9.17, 15) is 23.3 Å². The molecule has 0 spiro atoms. The predicted molar refractivity (Wildman–Crippen MR) is 112 cm³/mol. The number of rotatable bonds is 7. The van der Waals surface area contributed by atoms with Crippen molar-refractivity contribution in [3.63, 3.8) is 0 Å². The van der Waals surface area contributed by atoms with Crippen LogP contribution in [0.4, 0.5) is 5.69 Å². The van der Waals surface area contributed by atoms with E-state index in [1.807, 2.05) is 0 Å². The number of aromatic nitrogens is 2. The molecule has 2 aromatic carbocycles. The molecule has 12 nitrogen and oxygen atoms in total. The van der Waals surface area contributed by atoms with Crippen molar-refractivity contribution < 1.29 is 32.0 Å². The molecule has 1 aliphatic rings. The molecule has 0 aliphatic carbocycles. The normalized spacial score (nSPS) is 14.7. The summed E-state index contributed by atoms with van der Waals surface area (Å²) in [5.74, 6) is -0.544. The second kappa shape index (κ2) is 9.44. The lowest BCUT2D eigenvalue weighted by Gasteiger charge is -2.26. The van der Waals surface area contributed by atoms with Crippen LogP contribution in [0.15, 0.2) is 57.8 Å². The predicted octanol–water partition coefficient (Wildman–Crippen LogP) is 2.02. The Labute approximate surface area is 187 Å². The Balaban J connectivity index is 1.37. The van der Waals surface area contributed by atoms with Crippen molar-refractivity contribution in [1.29, 1.82) is 0 Å². The SMILES string of the molecule is O=C(OCc1nnc(-c2ccc([N+](=O)[O-])cc2)o1)c1ccc(S(=O)(=O)N2CCOCC2)cc1. The van der Waals surface area contributed by atoms with Gasteiger partial charge >= 0.3 is 5.97 Å². The summed E-state index contributed by atoms with van der Waals surface area (Å²) in [4.78, 5) is 22.6. The molecule has 0 atom stereocenters. The molecule has 0 N–H and O–H groups in total. The number of non-ortho nitro benzene ring substituents is 1. The molecule has 4 rings (SSSR count). The van der Waals surface area contributed by atoms with Crippen LogP contribution in [-0.4, -0.2) is 60.1 Å². The molecule has 0 radical (unpaired) electrons. The number of hydrogen-bond donors (Lipinski definition) is 0. The maximum absolute atomic E-state index is 12.6. The molecule has 0 unspecified atom stereocenters. The summed E-state index contributed by atoms with van der Waals surface area (Å²) in [6.07, 6.45) is 0. The second-order valence-corrected chi connectivity index (χ2v) is 8.86. The zero-order chi connectivity index (χ0) is 23.4. The van der Waals surface area contributed by atoms with Crippen molar-refractivity contribution in [2.45, 2.75) is 11.5 Å². The number of ether oxygens (including phenoxy) is 2. The average molecular weight is 474 g/mol. The van der Waals surface area contributed by atoms with Crippen molar-refractivity contribution in [2.75, 3.05) is 26.3 Å². The van der Waals surface area contributed by atoms with Crippen molar-refractivity contribution in [3.05, 3.63) is 70.1 Å². The molecular weight excluding hydrogens is 456 g/mol. The zero-order valence-corrected chi connectivity index (χ0v) is 17.9. The highest BCUT2D eigenvalue weighted by molar-refractivity contribution is 7.89. The Morgan fingerprint density at radius 3 is 2.36 bits per heavy atom. The van der Waals surface area contributed by atoms with E-state index in [1.54, 1.807) is 0 Å². The highest BCUT2D eigenvalue weighted by Gasteiger charge is 2.26. The fraction of sp³-hybridized carbons (Fsp3) is 0.250. The quantitative estimate of drug-likeness (QED) is 0.282. The van der Waals surface area contributed by atoms with Crippen LogP contribution in [0.3, 0.4) is 0 Å². The van der Waals surface area contributed by atoms with Crippen LogP contribution in [-0.2, 0) is 26.1 Å². The third-order valence-corrected chi connectivity index (χ3v) is 6.73. The Morgan fingerprint density at radius 2 is 1.73 bits per heavy atom. The maximum Gasteiger partial charge on any atom is 0.338 e. The van der Waals surface area contributed by atoms with E-state index < -0.39 is 20.9 Å². The monoisotopic (exact) mass is 474 g/mol. The van der Waals surface area contributed by atoms with Crippen LogP contribution >= 0.6 is 0 Å². The first-order valence-electron chi connectivity index (χ1n) is 9.77. The number of morpholine rings is 1.